The number of nitrogens with zero attached hydrogens (tertiary/aromatic N) is 3. The molecule has 5 rings (SSSR count). The normalized spacial score (nSPS) is 11.8. The molecule has 5 aromatic rings. The van der Waals surface area contributed by atoms with Crippen molar-refractivity contribution in [2.45, 2.75) is 24.9 Å². The van der Waals surface area contributed by atoms with Gasteiger partial charge in [-0.3, -0.25) is 4.90 Å². The van der Waals surface area contributed by atoms with E-state index in [4.69, 9.17) is 16.7 Å². The minimum Gasteiger partial charge on any atom is -0.296 e. The smallest absolute Gasteiger partial charge is 0.175 e. The van der Waals surface area contributed by atoms with Crippen LogP contribution >= 0.6 is 22.9 Å². The summed E-state index contributed by atoms with van der Waals surface area (Å²) >= 11 is 8.19. The largest absolute Gasteiger partial charge is 0.296 e. The molecular weight excluding hydrogens is 534 g/mol. The maximum atomic E-state index is 12.1. The van der Waals surface area contributed by atoms with Crippen molar-refractivity contribution in [3.05, 3.63) is 113 Å². The molecule has 0 saturated carbocycles. The average Bonchev–Trinajstić information content (AvgIpc) is 3.53. The number of hydrogen-bond acceptors (Lipinski definition) is 5. The molecule has 0 aliphatic carbocycles. The van der Waals surface area contributed by atoms with Crippen molar-refractivity contribution >= 4 is 32.8 Å². The number of para-hydroxylation sites is 1. The molecule has 0 fully saturated rings. The molecule has 2 aromatic heterocycles. The molecule has 194 valence electrons. The van der Waals surface area contributed by atoms with Crippen LogP contribution in [0.2, 0.25) is 5.02 Å². The number of rotatable bonds is 8. The summed E-state index contributed by atoms with van der Waals surface area (Å²) in [5.74, 6) is 0. The third-order valence-electron chi connectivity index (χ3n) is 6.25. The minimum atomic E-state index is -3.29. The van der Waals surface area contributed by atoms with E-state index in [2.05, 4.69) is 55.3 Å². The highest BCUT2D eigenvalue weighted by Gasteiger charge is 2.18. The van der Waals surface area contributed by atoms with Crippen LogP contribution in [0.25, 0.3) is 26.7 Å². The maximum Gasteiger partial charge on any atom is 0.175 e. The average molecular weight is 562 g/mol. The number of aromatic nitrogens is 2. The van der Waals surface area contributed by atoms with Crippen molar-refractivity contribution in [2.75, 3.05) is 13.3 Å². The Morgan fingerprint density at radius 1 is 0.895 bits per heavy atom. The molecule has 8 heteroatoms. The van der Waals surface area contributed by atoms with E-state index in [0.717, 1.165) is 38.9 Å². The van der Waals surface area contributed by atoms with Crippen LogP contribution in [0.3, 0.4) is 0 Å². The second-order valence-corrected chi connectivity index (χ2v) is 13.0. The van der Waals surface area contributed by atoms with Crippen molar-refractivity contribution in [3.63, 3.8) is 0 Å². The predicted molar refractivity (Wildman–Crippen MR) is 157 cm³/mol. The first-order valence-corrected chi connectivity index (χ1v) is 15.2. The van der Waals surface area contributed by atoms with Gasteiger partial charge in [0.1, 0.15) is 0 Å². The van der Waals surface area contributed by atoms with Crippen LogP contribution in [-0.4, -0.2) is 36.4 Å². The standard InChI is InChI=1S/C30H28ClN3O2S2/c1-21-11-13-22(14-12-21)19-33(2)20-24-18-28(34(32-24)27-10-5-4-9-26(27)31)30-16-15-29(37-30)23-7-6-8-25(17-23)38(3,35)36/h4-18H,19-20H2,1-3H3. The van der Waals surface area contributed by atoms with E-state index < -0.39 is 9.84 Å². The Balaban J connectivity index is 1.49. The van der Waals surface area contributed by atoms with Gasteiger partial charge in [-0.15, -0.1) is 11.3 Å². The van der Waals surface area contributed by atoms with Crippen LogP contribution in [0.1, 0.15) is 16.8 Å². The first-order chi connectivity index (χ1) is 18.2. The molecule has 0 unspecified atom stereocenters. The lowest BCUT2D eigenvalue weighted by Crippen LogP contribution is -2.17. The van der Waals surface area contributed by atoms with Gasteiger partial charge in [0.05, 0.1) is 31.9 Å². The van der Waals surface area contributed by atoms with Crippen molar-refractivity contribution < 1.29 is 8.42 Å². The lowest BCUT2D eigenvalue weighted by atomic mass is 10.1. The van der Waals surface area contributed by atoms with Gasteiger partial charge in [0.15, 0.2) is 9.84 Å². The van der Waals surface area contributed by atoms with Gasteiger partial charge in [-0.1, -0.05) is 65.7 Å². The number of halogens is 1. The summed E-state index contributed by atoms with van der Waals surface area (Å²) in [6.45, 7) is 3.58. The van der Waals surface area contributed by atoms with Crippen molar-refractivity contribution in [2.24, 2.45) is 0 Å². The minimum absolute atomic E-state index is 0.310. The Bertz CT molecular complexity index is 1690. The summed E-state index contributed by atoms with van der Waals surface area (Å²) in [5.41, 5.74) is 6.05. The molecule has 0 N–H and O–H groups in total. The van der Waals surface area contributed by atoms with Crippen LogP contribution in [0, 0.1) is 6.92 Å². The fourth-order valence-electron chi connectivity index (χ4n) is 4.34. The van der Waals surface area contributed by atoms with E-state index in [0.29, 0.717) is 16.5 Å². The van der Waals surface area contributed by atoms with E-state index in [1.807, 2.05) is 41.1 Å². The van der Waals surface area contributed by atoms with Gasteiger partial charge in [0.2, 0.25) is 0 Å². The zero-order valence-electron chi connectivity index (χ0n) is 21.4. The number of aryl methyl sites for hydroxylation is 1. The van der Waals surface area contributed by atoms with E-state index >= 15 is 0 Å². The van der Waals surface area contributed by atoms with Gasteiger partial charge in [0, 0.05) is 24.2 Å². The third kappa shape index (κ3) is 5.92. The Labute approximate surface area is 232 Å². The molecule has 0 atom stereocenters. The van der Waals surface area contributed by atoms with Crippen molar-refractivity contribution in [3.8, 4) is 26.7 Å². The zero-order valence-corrected chi connectivity index (χ0v) is 23.8. The highest BCUT2D eigenvalue weighted by atomic mass is 35.5. The molecule has 0 amide bonds. The first kappa shape index (κ1) is 26.4. The molecule has 0 radical (unpaired) electrons. The van der Waals surface area contributed by atoms with E-state index in [-0.39, 0.29) is 0 Å². The van der Waals surface area contributed by atoms with Crippen LogP contribution in [0.5, 0.6) is 0 Å². The summed E-state index contributed by atoms with van der Waals surface area (Å²) in [7, 11) is -1.20. The van der Waals surface area contributed by atoms with Crippen molar-refractivity contribution in [1.82, 2.24) is 14.7 Å². The molecule has 2 heterocycles. The molecule has 38 heavy (non-hydrogen) atoms. The molecule has 5 nitrogen and oxygen atoms in total. The third-order valence-corrected chi connectivity index (χ3v) is 8.84. The second kappa shape index (κ2) is 10.9. The molecule has 0 bridgehead atoms. The van der Waals surface area contributed by atoms with Gasteiger partial charge < -0.3 is 0 Å². The molecule has 0 spiro atoms. The Morgan fingerprint density at radius 2 is 1.63 bits per heavy atom. The van der Waals surface area contributed by atoms with Crippen LogP contribution in [0.15, 0.2) is 95.9 Å². The van der Waals surface area contributed by atoms with Crippen LogP contribution in [-0.2, 0) is 22.9 Å². The summed E-state index contributed by atoms with van der Waals surface area (Å²) in [6, 6.07) is 29.5. The highest BCUT2D eigenvalue weighted by molar-refractivity contribution is 7.90. The molecular formula is C30H28ClN3O2S2. The number of benzene rings is 3. The van der Waals surface area contributed by atoms with Gasteiger partial charge in [0.25, 0.3) is 0 Å². The predicted octanol–water partition coefficient (Wildman–Crippen LogP) is 7.27. The molecule has 0 aliphatic rings. The molecule has 0 saturated heterocycles. The topological polar surface area (TPSA) is 55.2 Å². The summed E-state index contributed by atoms with van der Waals surface area (Å²) in [4.78, 5) is 4.55. The highest BCUT2D eigenvalue weighted by Crippen LogP contribution is 2.37. The summed E-state index contributed by atoms with van der Waals surface area (Å²) in [6.07, 6.45) is 1.23. The number of thiophene rings is 1. The quantitative estimate of drug-likeness (QED) is 0.200. The van der Waals surface area contributed by atoms with E-state index in [1.54, 1.807) is 29.5 Å². The maximum absolute atomic E-state index is 12.1. The van der Waals surface area contributed by atoms with E-state index in [9.17, 15) is 8.42 Å². The van der Waals surface area contributed by atoms with Gasteiger partial charge in [-0.05, 0) is 67.6 Å². The lowest BCUT2D eigenvalue weighted by Gasteiger charge is -2.15. The first-order valence-electron chi connectivity index (χ1n) is 12.2. The summed E-state index contributed by atoms with van der Waals surface area (Å²) in [5, 5.41) is 5.58. The molecule has 0 aliphatic heterocycles. The second-order valence-electron chi connectivity index (χ2n) is 9.51. The fourth-order valence-corrected chi connectivity index (χ4v) is 6.22. The Morgan fingerprint density at radius 3 is 2.37 bits per heavy atom. The fraction of sp³-hybridized carbons (Fsp3) is 0.167. The monoisotopic (exact) mass is 561 g/mol. The lowest BCUT2D eigenvalue weighted by molar-refractivity contribution is 0.314. The van der Waals surface area contributed by atoms with E-state index in [1.165, 1.54) is 17.4 Å². The van der Waals surface area contributed by atoms with Gasteiger partial charge in [-0.2, -0.15) is 5.10 Å². The Hall–Kier alpha value is -3.23. The van der Waals surface area contributed by atoms with Crippen LogP contribution < -0.4 is 0 Å². The summed E-state index contributed by atoms with van der Waals surface area (Å²) < 4.78 is 26.0. The zero-order chi connectivity index (χ0) is 26.9. The van der Waals surface area contributed by atoms with Gasteiger partial charge in [-0.25, -0.2) is 13.1 Å². The Kier molecular flexibility index (Phi) is 7.54. The number of sulfone groups is 1. The SMILES string of the molecule is Cc1ccc(CN(C)Cc2cc(-c3ccc(-c4cccc(S(C)(=O)=O)c4)s3)n(-c3ccccc3Cl)n2)cc1. The van der Waals surface area contributed by atoms with Crippen LogP contribution in [0.4, 0.5) is 0 Å². The molecule has 3 aromatic carbocycles. The van der Waals surface area contributed by atoms with Gasteiger partial charge >= 0.3 is 0 Å². The van der Waals surface area contributed by atoms with Crippen molar-refractivity contribution in [1.29, 1.82) is 0 Å². The number of hydrogen-bond donors (Lipinski definition) is 0.